The van der Waals surface area contributed by atoms with Gasteiger partial charge in [0.25, 0.3) is 5.91 Å². The Morgan fingerprint density at radius 2 is 1.55 bits per heavy atom. The Morgan fingerprint density at radius 1 is 0.966 bits per heavy atom. The molecule has 1 N–H and O–H groups in total. The maximum atomic E-state index is 13.5. The molecule has 3 rings (SSSR count). The number of methoxy groups -OCH3 is 1. The first-order valence-electron chi connectivity index (χ1n) is 10.2. The van der Waals surface area contributed by atoms with E-state index < -0.39 is 5.54 Å². The molecule has 1 aliphatic rings. The van der Waals surface area contributed by atoms with Crippen molar-refractivity contribution in [2.24, 2.45) is 0 Å². The monoisotopic (exact) mass is 394 g/mol. The van der Waals surface area contributed by atoms with E-state index in [1.54, 1.807) is 43.3 Å². The van der Waals surface area contributed by atoms with E-state index in [-0.39, 0.29) is 11.8 Å². The SMILES string of the molecule is COc1ccc(C(=O)N(C)C2(C(=O)Nc3c(C)cccc3C)CCCCC2)cc1. The molecule has 0 radical (unpaired) electrons. The first-order chi connectivity index (χ1) is 13.9. The zero-order chi connectivity index (χ0) is 21.0. The first-order valence-corrected chi connectivity index (χ1v) is 10.2. The molecule has 0 aliphatic heterocycles. The first kappa shape index (κ1) is 20.9. The summed E-state index contributed by atoms with van der Waals surface area (Å²) in [5.41, 5.74) is 2.59. The number of nitrogens with zero attached hydrogens (tertiary/aromatic N) is 1. The number of likely N-dealkylation sites (N-methyl/N-ethyl adjacent to an activating group) is 1. The van der Waals surface area contributed by atoms with Gasteiger partial charge >= 0.3 is 0 Å². The number of hydrogen-bond donors (Lipinski definition) is 1. The quantitative estimate of drug-likeness (QED) is 0.798. The number of nitrogens with one attached hydrogen (secondary N) is 1. The van der Waals surface area contributed by atoms with E-state index in [2.05, 4.69) is 5.32 Å². The fourth-order valence-corrected chi connectivity index (χ4v) is 4.21. The third-order valence-electron chi connectivity index (χ3n) is 6.11. The predicted molar refractivity (Wildman–Crippen MR) is 115 cm³/mol. The molecular weight excluding hydrogens is 364 g/mol. The highest BCUT2D eigenvalue weighted by atomic mass is 16.5. The minimum absolute atomic E-state index is 0.0982. The molecule has 0 heterocycles. The van der Waals surface area contributed by atoms with Crippen molar-refractivity contribution in [3.05, 3.63) is 59.2 Å². The van der Waals surface area contributed by atoms with Crippen LogP contribution in [0.1, 0.15) is 53.6 Å². The highest BCUT2D eigenvalue weighted by molar-refractivity contribution is 6.04. The zero-order valence-electron chi connectivity index (χ0n) is 17.7. The van der Waals surface area contributed by atoms with Gasteiger partial charge in [0, 0.05) is 18.3 Å². The van der Waals surface area contributed by atoms with E-state index in [1.807, 2.05) is 32.0 Å². The number of anilines is 1. The predicted octanol–water partition coefficient (Wildman–Crippen LogP) is 4.73. The maximum absolute atomic E-state index is 13.5. The second kappa shape index (κ2) is 8.68. The number of carbonyl (C=O) groups is 2. The van der Waals surface area contributed by atoms with Crippen LogP contribution in [-0.2, 0) is 4.79 Å². The van der Waals surface area contributed by atoms with Gasteiger partial charge in [-0.1, -0.05) is 37.5 Å². The number of aryl methyl sites for hydroxylation is 2. The van der Waals surface area contributed by atoms with Crippen LogP contribution in [0.25, 0.3) is 0 Å². The van der Waals surface area contributed by atoms with Gasteiger partial charge < -0.3 is 15.0 Å². The van der Waals surface area contributed by atoms with E-state index in [4.69, 9.17) is 4.74 Å². The lowest BCUT2D eigenvalue weighted by atomic mass is 9.79. The molecule has 2 aromatic carbocycles. The molecule has 0 bridgehead atoms. The van der Waals surface area contributed by atoms with Gasteiger partial charge in [0.1, 0.15) is 11.3 Å². The maximum Gasteiger partial charge on any atom is 0.254 e. The van der Waals surface area contributed by atoms with Crippen molar-refractivity contribution in [1.29, 1.82) is 0 Å². The van der Waals surface area contributed by atoms with Crippen molar-refractivity contribution >= 4 is 17.5 Å². The molecule has 5 nitrogen and oxygen atoms in total. The summed E-state index contributed by atoms with van der Waals surface area (Å²) < 4.78 is 5.18. The lowest BCUT2D eigenvalue weighted by Gasteiger charge is -2.43. The standard InChI is InChI=1S/C24H30N2O3/c1-17-9-8-10-18(2)21(17)25-23(28)24(15-6-5-7-16-24)26(3)22(27)19-11-13-20(29-4)14-12-19/h8-14H,5-7,15-16H2,1-4H3,(H,25,28). The topological polar surface area (TPSA) is 58.6 Å². The third-order valence-corrected chi connectivity index (χ3v) is 6.11. The van der Waals surface area contributed by atoms with Gasteiger partial charge in [-0.2, -0.15) is 0 Å². The average Bonchev–Trinajstić information content (AvgIpc) is 2.75. The van der Waals surface area contributed by atoms with Gasteiger partial charge in [0.15, 0.2) is 0 Å². The highest BCUT2D eigenvalue weighted by Crippen LogP contribution is 2.36. The summed E-state index contributed by atoms with van der Waals surface area (Å²) >= 11 is 0. The van der Waals surface area contributed by atoms with Gasteiger partial charge in [-0.15, -0.1) is 0 Å². The molecule has 1 aliphatic carbocycles. The molecule has 1 saturated carbocycles. The summed E-state index contributed by atoms with van der Waals surface area (Å²) in [6.45, 7) is 3.98. The molecule has 0 spiro atoms. The number of carbonyl (C=O) groups excluding carboxylic acids is 2. The third kappa shape index (κ3) is 4.14. The lowest BCUT2D eigenvalue weighted by Crippen LogP contribution is -2.58. The van der Waals surface area contributed by atoms with Crippen LogP contribution in [0.4, 0.5) is 5.69 Å². The molecule has 1 fully saturated rings. The number of para-hydroxylation sites is 1. The molecule has 154 valence electrons. The number of ether oxygens (including phenoxy) is 1. The summed E-state index contributed by atoms with van der Waals surface area (Å²) in [7, 11) is 3.35. The fraction of sp³-hybridized carbons (Fsp3) is 0.417. The molecule has 2 amide bonds. The Bertz CT molecular complexity index is 863. The highest BCUT2D eigenvalue weighted by Gasteiger charge is 2.45. The van der Waals surface area contributed by atoms with Gasteiger partial charge in [-0.3, -0.25) is 9.59 Å². The number of rotatable bonds is 5. The van der Waals surface area contributed by atoms with Crippen molar-refractivity contribution in [3.8, 4) is 5.75 Å². The molecule has 0 aromatic heterocycles. The van der Waals surface area contributed by atoms with E-state index in [0.717, 1.165) is 36.1 Å². The van der Waals surface area contributed by atoms with Crippen molar-refractivity contribution in [2.75, 3.05) is 19.5 Å². The zero-order valence-corrected chi connectivity index (χ0v) is 17.7. The van der Waals surface area contributed by atoms with Gasteiger partial charge in [-0.25, -0.2) is 0 Å². The smallest absolute Gasteiger partial charge is 0.254 e. The normalized spacial score (nSPS) is 15.4. The number of hydrogen-bond acceptors (Lipinski definition) is 3. The Balaban J connectivity index is 1.90. The van der Waals surface area contributed by atoms with Crippen LogP contribution in [0, 0.1) is 13.8 Å². The minimum Gasteiger partial charge on any atom is -0.497 e. The number of amides is 2. The van der Waals surface area contributed by atoms with Crippen LogP contribution >= 0.6 is 0 Å². The second-order valence-electron chi connectivity index (χ2n) is 7.91. The van der Waals surface area contributed by atoms with Crippen molar-refractivity contribution in [2.45, 2.75) is 51.5 Å². The Hall–Kier alpha value is -2.82. The summed E-state index contributed by atoms with van der Waals surface area (Å²) in [6, 6.07) is 13.0. The molecule has 5 heteroatoms. The van der Waals surface area contributed by atoms with Gasteiger partial charge in [0.05, 0.1) is 7.11 Å². The average molecular weight is 395 g/mol. The summed E-state index contributed by atoms with van der Waals surface area (Å²) in [6.07, 6.45) is 4.29. The Labute approximate surface area is 173 Å². The van der Waals surface area contributed by atoms with Crippen LogP contribution in [0.3, 0.4) is 0 Å². The summed E-state index contributed by atoms with van der Waals surface area (Å²) in [4.78, 5) is 28.4. The Morgan fingerprint density at radius 3 is 2.10 bits per heavy atom. The molecule has 0 unspecified atom stereocenters. The minimum atomic E-state index is -0.843. The molecule has 29 heavy (non-hydrogen) atoms. The second-order valence-corrected chi connectivity index (χ2v) is 7.91. The van der Waals surface area contributed by atoms with E-state index in [9.17, 15) is 9.59 Å². The molecule has 0 atom stereocenters. The summed E-state index contributed by atoms with van der Waals surface area (Å²) in [5, 5.41) is 3.14. The van der Waals surface area contributed by atoms with Gasteiger partial charge in [-0.05, 0) is 62.1 Å². The van der Waals surface area contributed by atoms with Crippen molar-refractivity contribution in [3.63, 3.8) is 0 Å². The molecule has 2 aromatic rings. The van der Waals surface area contributed by atoms with Crippen LogP contribution < -0.4 is 10.1 Å². The largest absolute Gasteiger partial charge is 0.497 e. The fourth-order valence-electron chi connectivity index (χ4n) is 4.21. The van der Waals surface area contributed by atoms with Crippen molar-refractivity contribution in [1.82, 2.24) is 4.90 Å². The summed E-state index contributed by atoms with van der Waals surface area (Å²) in [5.74, 6) is 0.453. The lowest BCUT2D eigenvalue weighted by molar-refractivity contribution is -0.128. The van der Waals surface area contributed by atoms with E-state index in [0.29, 0.717) is 24.2 Å². The van der Waals surface area contributed by atoms with E-state index >= 15 is 0 Å². The Kier molecular flexibility index (Phi) is 6.26. The van der Waals surface area contributed by atoms with Crippen molar-refractivity contribution < 1.29 is 14.3 Å². The molecular formula is C24H30N2O3. The van der Waals surface area contributed by atoms with Crippen LogP contribution in [0.15, 0.2) is 42.5 Å². The van der Waals surface area contributed by atoms with Crippen LogP contribution in [0.5, 0.6) is 5.75 Å². The van der Waals surface area contributed by atoms with E-state index in [1.165, 1.54) is 0 Å². The van der Waals surface area contributed by atoms with Crippen LogP contribution in [-0.4, -0.2) is 36.4 Å². The number of benzene rings is 2. The molecule has 0 saturated heterocycles. The van der Waals surface area contributed by atoms with Crippen LogP contribution in [0.2, 0.25) is 0 Å². The van der Waals surface area contributed by atoms with Gasteiger partial charge in [0.2, 0.25) is 5.91 Å².